The number of anilines is 2. The van der Waals surface area contributed by atoms with E-state index in [9.17, 15) is 13.6 Å². The van der Waals surface area contributed by atoms with Gasteiger partial charge in [-0.25, -0.2) is 8.78 Å². The highest BCUT2D eigenvalue weighted by molar-refractivity contribution is 6.04. The Balaban J connectivity index is 2.42. The summed E-state index contributed by atoms with van der Waals surface area (Å²) in [6.07, 6.45) is -1.84. The Bertz CT molecular complexity index is 573. The van der Waals surface area contributed by atoms with Crippen LogP contribution in [-0.4, -0.2) is 32.9 Å². The average Bonchev–Trinajstić information content (AvgIpc) is 2.34. The minimum Gasteiger partial charge on any atom is -0.368 e. The van der Waals surface area contributed by atoms with Gasteiger partial charge in [-0.05, 0) is 26.7 Å². The zero-order chi connectivity index (χ0) is 14.9. The molecule has 2 rings (SSSR count). The summed E-state index contributed by atoms with van der Waals surface area (Å²) in [5, 5.41) is 2.91. The van der Waals surface area contributed by atoms with E-state index in [-0.39, 0.29) is 42.2 Å². The van der Waals surface area contributed by atoms with E-state index in [1.807, 2.05) is 13.8 Å². The monoisotopic (exact) mass is 283 g/mol. The van der Waals surface area contributed by atoms with Crippen LogP contribution in [0.25, 0.3) is 5.57 Å². The van der Waals surface area contributed by atoms with Crippen molar-refractivity contribution in [1.29, 1.82) is 0 Å². The molecule has 0 bridgehead atoms. The molecule has 1 aliphatic rings. The zero-order valence-corrected chi connectivity index (χ0v) is 11.2. The van der Waals surface area contributed by atoms with Crippen LogP contribution in [0, 0.1) is 0 Å². The smallest absolute Gasteiger partial charge is 0.228 e. The van der Waals surface area contributed by atoms with Crippen LogP contribution in [0.4, 0.5) is 20.7 Å². The number of ketones is 1. The first-order valence-corrected chi connectivity index (χ1v) is 6.24. The number of nitrogens with zero attached hydrogens (tertiary/aromatic N) is 3. The Hall–Kier alpha value is -2.12. The van der Waals surface area contributed by atoms with Crippen molar-refractivity contribution in [3.05, 3.63) is 11.7 Å². The molecule has 0 radical (unpaired) electrons. The van der Waals surface area contributed by atoms with E-state index < -0.39 is 17.8 Å². The van der Waals surface area contributed by atoms with Crippen molar-refractivity contribution in [3.8, 4) is 0 Å². The zero-order valence-electron chi connectivity index (χ0n) is 11.2. The van der Waals surface area contributed by atoms with Crippen LogP contribution >= 0.6 is 0 Å². The maximum atomic E-state index is 13.8. The Kier molecular flexibility index (Phi) is 3.91. The molecule has 108 valence electrons. The molecule has 1 aromatic rings. The topological polar surface area (TPSA) is 93.8 Å². The summed E-state index contributed by atoms with van der Waals surface area (Å²) >= 11 is 0. The summed E-state index contributed by atoms with van der Waals surface area (Å²) in [6.45, 7) is 3.74. The summed E-state index contributed by atoms with van der Waals surface area (Å²) < 4.78 is 27.0. The van der Waals surface area contributed by atoms with Gasteiger partial charge in [0.15, 0.2) is 17.8 Å². The number of rotatable bonds is 3. The van der Waals surface area contributed by atoms with E-state index in [4.69, 9.17) is 5.73 Å². The first kappa shape index (κ1) is 14.3. The molecule has 6 nitrogen and oxygen atoms in total. The molecule has 1 atom stereocenters. The average molecular weight is 283 g/mol. The van der Waals surface area contributed by atoms with E-state index in [2.05, 4.69) is 20.3 Å². The summed E-state index contributed by atoms with van der Waals surface area (Å²) in [7, 11) is 0. The van der Waals surface area contributed by atoms with Gasteiger partial charge < -0.3 is 11.1 Å². The van der Waals surface area contributed by atoms with Gasteiger partial charge in [-0.2, -0.15) is 15.0 Å². The lowest BCUT2D eigenvalue weighted by Crippen LogP contribution is -2.23. The number of carbonyl (C=O) groups is 1. The van der Waals surface area contributed by atoms with Crippen LogP contribution in [0.3, 0.4) is 0 Å². The van der Waals surface area contributed by atoms with Crippen molar-refractivity contribution < 1.29 is 13.6 Å². The fourth-order valence-corrected chi connectivity index (χ4v) is 1.86. The third-order valence-electron chi connectivity index (χ3n) is 2.75. The van der Waals surface area contributed by atoms with Gasteiger partial charge in [-0.3, -0.25) is 4.79 Å². The minimum absolute atomic E-state index is 0.0233. The largest absolute Gasteiger partial charge is 0.368 e. The van der Waals surface area contributed by atoms with E-state index in [1.165, 1.54) is 0 Å². The second-order valence-corrected chi connectivity index (χ2v) is 4.80. The number of nitrogens with two attached hydrogens (primary N) is 1. The maximum absolute atomic E-state index is 13.8. The lowest BCUT2D eigenvalue weighted by Gasteiger charge is -2.17. The number of aromatic nitrogens is 3. The van der Waals surface area contributed by atoms with E-state index in [1.54, 1.807) is 0 Å². The Morgan fingerprint density at radius 2 is 2.05 bits per heavy atom. The number of alkyl halides is 1. The van der Waals surface area contributed by atoms with Crippen LogP contribution in [0.2, 0.25) is 0 Å². The highest BCUT2D eigenvalue weighted by atomic mass is 19.1. The lowest BCUT2D eigenvalue weighted by molar-refractivity contribution is -0.122. The molecule has 8 heteroatoms. The van der Waals surface area contributed by atoms with Gasteiger partial charge in [-0.1, -0.05) is 0 Å². The van der Waals surface area contributed by atoms with Crippen molar-refractivity contribution in [1.82, 2.24) is 15.0 Å². The highest BCUT2D eigenvalue weighted by Gasteiger charge is 2.32. The van der Waals surface area contributed by atoms with E-state index in [0.29, 0.717) is 0 Å². The Morgan fingerprint density at radius 3 is 2.70 bits per heavy atom. The number of Topliss-reactive ketones (excluding diaryl/α,β-unsaturated/α-hetero) is 1. The molecular weight excluding hydrogens is 268 g/mol. The number of hydrogen-bond acceptors (Lipinski definition) is 6. The first-order chi connectivity index (χ1) is 9.38. The maximum Gasteiger partial charge on any atom is 0.228 e. The normalized spacial score (nSPS) is 19.6. The first-order valence-electron chi connectivity index (χ1n) is 6.24. The molecule has 0 amide bonds. The molecule has 1 heterocycles. The Labute approximate surface area is 114 Å². The molecule has 0 aromatic carbocycles. The number of nitrogens with one attached hydrogen (secondary N) is 1. The molecule has 3 N–H and O–H groups in total. The van der Waals surface area contributed by atoms with Gasteiger partial charge in [0, 0.05) is 11.6 Å². The summed E-state index contributed by atoms with van der Waals surface area (Å²) in [6, 6.07) is 0.0479. The molecule has 0 saturated heterocycles. The highest BCUT2D eigenvalue weighted by Crippen LogP contribution is 2.31. The minimum atomic E-state index is -1.80. The number of allylic oxidation sites excluding steroid dienone is 2. The molecule has 20 heavy (non-hydrogen) atoms. The molecule has 1 aliphatic carbocycles. The van der Waals surface area contributed by atoms with Crippen molar-refractivity contribution in [2.24, 2.45) is 0 Å². The third-order valence-corrected chi connectivity index (χ3v) is 2.75. The van der Waals surface area contributed by atoms with Gasteiger partial charge in [0.2, 0.25) is 17.7 Å². The fourth-order valence-electron chi connectivity index (χ4n) is 1.86. The van der Waals surface area contributed by atoms with E-state index >= 15 is 0 Å². The predicted molar refractivity (Wildman–Crippen MR) is 70.2 cm³/mol. The standard InChI is InChI=1S/C12H15F2N5O/c1-5(2)16-12-18-10(17-11(15)19-12)6-3-4-7(13)9(20)8(6)14/h5,7H,3-4H2,1-2H3,(H3,15,16,17,18,19). The molecule has 0 aliphatic heterocycles. The van der Waals surface area contributed by atoms with Gasteiger partial charge in [0.25, 0.3) is 0 Å². The van der Waals surface area contributed by atoms with Gasteiger partial charge in [0.05, 0.1) is 0 Å². The molecule has 1 unspecified atom stereocenters. The summed E-state index contributed by atoms with van der Waals surface area (Å²) in [5.41, 5.74) is 5.52. The molecule has 0 spiro atoms. The third kappa shape index (κ3) is 2.89. The van der Waals surface area contributed by atoms with Gasteiger partial charge >= 0.3 is 0 Å². The van der Waals surface area contributed by atoms with E-state index in [0.717, 1.165) is 0 Å². The second kappa shape index (κ2) is 5.48. The van der Waals surface area contributed by atoms with Crippen molar-refractivity contribution >= 4 is 23.3 Å². The summed E-state index contributed by atoms with van der Waals surface area (Å²) in [4.78, 5) is 23.0. The van der Waals surface area contributed by atoms with Crippen molar-refractivity contribution in [2.45, 2.75) is 38.9 Å². The molecule has 1 aromatic heterocycles. The lowest BCUT2D eigenvalue weighted by atomic mass is 9.95. The number of halogens is 2. The quantitative estimate of drug-likeness (QED) is 0.876. The number of nitrogen functional groups attached to an aromatic ring is 1. The number of carbonyl (C=O) groups excluding carboxylic acids is 1. The van der Waals surface area contributed by atoms with Crippen LogP contribution in [-0.2, 0) is 4.79 Å². The SMILES string of the molecule is CC(C)Nc1nc(N)nc(C2=C(F)C(=O)C(F)CC2)n1. The van der Waals surface area contributed by atoms with Crippen molar-refractivity contribution in [2.75, 3.05) is 11.1 Å². The number of hydrogen-bond donors (Lipinski definition) is 2. The van der Waals surface area contributed by atoms with Crippen molar-refractivity contribution in [3.63, 3.8) is 0 Å². The summed E-state index contributed by atoms with van der Waals surface area (Å²) in [5.74, 6) is -2.22. The molecule has 0 saturated carbocycles. The van der Waals surface area contributed by atoms with Gasteiger partial charge in [0.1, 0.15) is 0 Å². The van der Waals surface area contributed by atoms with Crippen LogP contribution in [0.15, 0.2) is 5.83 Å². The molecule has 0 fully saturated rings. The Morgan fingerprint density at radius 1 is 1.35 bits per heavy atom. The second-order valence-electron chi connectivity index (χ2n) is 4.80. The predicted octanol–water partition coefficient (Wildman–Crippen LogP) is 1.66. The van der Waals surface area contributed by atoms with Crippen LogP contribution in [0.5, 0.6) is 0 Å². The van der Waals surface area contributed by atoms with Crippen LogP contribution < -0.4 is 11.1 Å². The fraction of sp³-hybridized carbons (Fsp3) is 0.500. The van der Waals surface area contributed by atoms with Gasteiger partial charge in [-0.15, -0.1) is 0 Å². The van der Waals surface area contributed by atoms with Crippen LogP contribution in [0.1, 0.15) is 32.5 Å². The molecular formula is C12H15F2N5O.